The van der Waals surface area contributed by atoms with Crippen molar-refractivity contribution in [3.8, 4) is 0 Å². The SMILES string of the molecule is CCCN(CCO)CCC(=O)c1cccc(C)c1. The minimum absolute atomic E-state index is 0.151. The summed E-state index contributed by atoms with van der Waals surface area (Å²) >= 11 is 0. The summed E-state index contributed by atoms with van der Waals surface area (Å²) < 4.78 is 0. The van der Waals surface area contributed by atoms with Gasteiger partial charge in [-0.1, -0.05) is 30.7 Å². The molecule has 0 amide bonds. The van der Waals surface area contributed by atoms with E-state index in [1.165, 1.54) is 0 Å². The highest BCUT2D eigenvalue weighted by Gasteiger charge is 2.09. The summed E-state index contributed by atoms with van der Waals surface area (Å²) in [7, 11) is 0. The largest absolute Gasteiger partial charge is 0.395 e. The van der Waals surface area contributed by atoms with Crippen LogP contribution in [0.25, 0.3) is 0 Å². The number of ketones is 1. The Labute approximate surface area is 109 Å². The van der Waals surface area contributed by atoms with Crippen molar-refractivity contribution in [2.75, 3.05) is 26.2 Å². The third kappa shape index (κ3) is 4.98. The summed E-state index contributed by atoms with van der Waals surface area (Å²) in [6, 6.07) is 7.70. The lowest BCUT2D eigenvalue weighted by molar-refractivity contribution is 0.0957. The highest BCUT2D eigenvalue weighted by molar-refractivity contribution is 5.96. The van der Waals surface area contributed by atoms with E-state index in [1.807, 2.05) is 31.2 Å². The summed E-state index contributed by atoms with van der Waals surface area (Å²) in [5.41, 5.74) is 1.90. The molecule has 1 N–H and O–H groups in total. The molecule has 0 saturated carbocycles. The van der Waals surface area contributed by atoms with Crippen LogP contribution in [0.3, 0.4) is 0 Å². The first-order valence-electron chi connectivity index (χ1n) is 6.60. The number of aryl methyl sites for hydroxylation is 1. The van der Waals surface area contributed by atoms with Gasteiger partial charge in [0.25, 0.3) is 0 Å². The molecule has 0 heterocycles. The van der Waals surface area contributed by atoms with E-state index >= 15 is 0 Å². The van der Waals surface area contributed by atoms with Crippen LogP contribution >= 0.6 is 0 Å². The van der Waals surface area contributed by atoms with E-state index < -0.39 is 0 Å². The molecular formula is C15H23NO2. The predicted molar refractivity (Wildman–Crippen MR) is 73.9 cm³/mol. The van der Waals surface area contributed by atoms with Gasteiger partial charge in [0.1, 0.15) is 0 Å². The second kappa shape index (κ2) is 8.01. The summed E-state index contributed by atoms with van der Waals surface area (Å²) in [5.74, 6) is 0.178. The minimum atomic E-state index is 0.151. The normalized spacial score (nSPS) is 10.9. The van der Waals surface area contributed by atoms with Crippen LogP contribution in [0.1, 0.15) is 35.7 Å². The number of nitrogens with zero attached hydrogens (tertiary/aromatic N) is 1. The number of rotatable bonds is 8. The molecule has 0 aliphatic heterocycles. The molecule has 0 atom stereocenters. The Hall–Kier alpha value is -1.19. The fourth-order valence-electron chi connectivity index (χ4n) is 2.02. The zero-order valence-corrected chi connectivity index (χ0v) is 11.4. The minimum Gasteiger partial charge on any atom is -0.395 e. The topological polar surface area (TPSA) is 40.5 Å². The Kier molecular flexibility index (Phi) is 6.61. The molecule has 0 spiro atoms. The molecule has 100 valence electrons. The lowest BCUT2D eigenvalue weighted by Crippen LogP contribution is -2.30. The number of Topliss-reactive ketones (excluding diaryl/α,β-unsaturated/α-hetero) is 1. The van der Waals surface area contributed by atoms with Gasteiger partial charge >= 0.3 is 0 Å². The van der Waals surface area contributed by atoms with Crippen LogP contribution in [0.2, 0.25) is 0 Å². The Morgan fingerprint density at radius 3 is 2.67 bits per heavy atom. The Morgan fingerprint density at radius 1 is 1.28 bits per heavy atom. The molecule has 0 saturated heterocycles. The van der Waals surface area contributed by atoms with Gasteiger partial charge in [0, 0.05) is 25.1 Å². The number of aliphatic hydroxyl groups excluding tert-OH is 1. The van der Waals surface area contributed by atoms with E-state index in [9.17, 15) is 4.79 Å². The van der Waals surface area contributed by atoms with E-state index in [-0.39, 0.29) is 12.4 Å². The maximum Gasteiger partial charge on any atom is 0.164 e. The van der Waals surface area contributed by atoms with Gasteiger partial charge in [-0.2, -0.15) is 0 Å². The number of benzene rings is 1. The quantitative estimate of drug-likeness (QED) is 0.719. The molecule has 3 nitrogen and oxygen atoms in total. The van der Waals surface area contributed by atoms with Crippen LogP contribution in [0.4, 0.5) is 0 Å². The monoisotopic (exact) mass is 249 g/mol. The van der Waals surface area contributed by atoms with E-state index in [4.69, 9.17) is 5.11 Å². The van der Waals surface area contributed by atoms with Gasteiger partial charge in [0.15, 0.2) is 5.78 Å². The molecule has 1 rings (SSSR count). The summed E-state index contributed by atoms with van der Waals surface area (Å²) in [5, 5.41) is 8.96. The van der Waals surface area contributed by atoms with Crippen molar-refractivity contribution < 1.29 is 9.90 Å². The maximum atomic E-state index is 12.0. The first-order chi connectivity index (χ1) is 8.67. The maximum absolute atomic E-state index is 12.0. The molecule has 0 aliphatic rings. The number of carbonyl (C=O) groups excluding carboxylic acids is 1. The van der Waals surface area contributed by atoms with Crippen LogP contribution in [0, 0.1) is 6.92 Å². The van der Waals surface area contributed by atoms with E-state index in [2.05, 4.69) is 11.8 Å². The Bertz CT molecular complexity index is 371. The van der Waals surface area contributed by atoms with Crippen molar-refractivity contribution in [1.29, 1.82) is 0 Å². The number of hydrogen-bond donors (Lipinski definition) is 1. The van der Waals surface area contributed by atoms with E-state index in [1.54, 1.807) is 0 Å². The summed E-state index contributed by atoms with van der Waals surface area (Å²) in [6.07, 6.45) is 1.56. The third-order valence-corrected chi connectivity index (χ3v) is 2.95. The molecule has 18 heavy (non-hydrogen) atoms. The van der Waals surface area contributed by atoms with Crippen molar-refractivity contribution >= 4 is 5.78 Å². The molecule has 0 bridgehead atoms. The molecule has 0 fully saturated rings. The Morgan fingerprint density at radius 2 is 2.06 bits per heavy atom. The third-order valence-electron chi connectivity index (χ3n) is 2.95. The molecule has 0 unspecified atom stereocenters. The lowest BCUT2D eigenvalue weighted by atomic mass is 10.1. The highest BCUT2D eigenvalue weighted by Crippen LogP contribution is 2.07. The van der Waals surface area contributed by atoms with Gasteiger partial charge < -0.3 is 10.0 Å². The van der Waals surface area contributed by atoms with Gasteiger partial charge in [0.2, 0.25) is 0 Å². The van der Waals surface area contributed by atoms with Crippen molar-refractivity contribution in [3.05, 3.63) is 35.4 Å². The van der Waals surface area contributed by atoms with Crippen LogP contribution in [-0.4, -0.2) is 42.0 Å². The number of aliphatic hydroxyl groups is 1. The molecule has 0 radical (unpaired) electrons. The van der Waals surface area contributed by atoms with Gasteiger partial charge in [-0.25, -0.2) is 0 Å². The van der Waals surface area contributed by atoms with Crippen molar-refractivity contribution in [1.82, 2.24) is 4.90 Å². The average Bonchev–Trinajstić information content (AvgIpc) is 2.36. The fourth-order valence-corrected chi connectivity index (χ4v) is 2.02. The van der Waals surface area contributed by atoms with Crippen LogP contribution < -0.4 is 0 Å². The number of carbonyl (C=O) groups is 1. The zero-order chi connectivity index (χ0) is 13.4. The Balaban J connectivity index is 2.49. The standard InChI is InChI=1S/C15H23NO2/c1-3-8-16(10-11-17)9-7-15(18)14-6-4-5-13(2)12-14/h4-6,12,17H,3,7-11H2,1-2H3. The number of hydrogen-bond acceptors (Lipinski definition) is 3. The van der Waals surface area contributed by atoms with Crippen molar-refractivity contribution in [2.45, 2.75) is 26.7 Å². The van der Waals surface area contributed by atoms with E-state index in [0.717, 1.165) is 30.6 Å². The lowest BCUT2D eigenvalue weighted by Gasteiger charge is -2.19. The predicted octanol–water partition coefficient (Wildman–Crippen LogP) is 2.27. The van der Waals surface area contributed by atoms with E-state index in [0.29, 0.717) is 13.0 Å². The molecule has 0 aromatic heterocycles. The van der Waals surface area contributed by atoms with Gasteiger partial charge in [-0.05, 0) is 26.0 Å². The first kappa shape index (κ1) is 14.9. The summed E-state index contributed by atoms with van der Waals surface area (Å²) in [4.78, 5) is 14.2. The molecular weight excluding hydrogens is 226 g/mol. The average molecular weight is 249 g/mol. The molecule has 0 aliphatic carbocycles. The fraction of sp³-hybridized carbons (Fsp3) is 0.533. The van der Waals surface area contributed by atoms with Gasteiger partial charge in [-0.3, -0.25) is 4.79 Å². The van der Waals surface area contributed by atoms with Gasteiger partial charge in [0.05, 0.1) is 6.61 Å². The van der Waals surface area contributed by atoms with Crippen LogP contribution in [0.15, 0.2) is 24.3 Å². The smallest absolute Gasteiger partial charge is 0.164 e. The first-order valence-corrected chi connectivity index (χ1v) is 6.60. The molecule has 1 aromatic rings. The second-order valence-corrected chi connectivity index (χ2v) is 4.61. The molecule has 3 heteroatoms. The van der Waals surface area contributed by atoms with Crippen molar-refractivity contribution in [2.24, 2.45) is 0 Å². The molecule has 1 aromatic carbocycles. The van der Waals surface area contributed by atoms with Gasteiger partial charge in [-0.15, -0.1) is 0 Å². The van der Waals surface area contributed by atoms with Crippen LogP contribution in [0.5, 0.6) is 0 Å². The van der Waals surface area contributed by atoms with Crippen molar-refractivity contribution in [3.63, 3.8) is 0 Å². The van der Waals surface area contributed by atoms with Crippen LogP contribution in [-0.2, 0) is 0 Å². The second-order valence-electron chi connectivity index (χ2n) is 4.61. The summed E-state index contributed by atoms with van der Waals surface area (Å²) in [6.45, 7) is 6.55. The highest BCUT2D eigenvalue weighted by atomic mass is 16.3. The zero-order valence-electron chi connectivity index (χ0n) is 11.4.